The Bertz CT molecular complexity index is 875. The van der Waals surface area contributed by atoms with Crippen LogP contribution in [0.25, 0.3) is 0 Å². The molecule has 1 fully saturated rings. The van der Waals surface area contributed by atoms with Crippen LogP contribution in [-0.2, 0) is 21.2 Å². The number of ether oxygens (including phenoxy) is 1. The van der Waals surface area contributed by atoms with Crippen molar-refractivity contribution < 1.29 is 13.2 Å². The van der Waals surface area contributed by atoms with Gasteiger partial charge in [0.05, 0.1) is 23.2 Å². The van der Waals surface area contributed by atoms with Gasteiger partial charge in [0, 0.05) is 12.6 Å². The van der Waals surface area contributed by atoms with E-state index in [9.17, 15) is 13.7 Å². The van der Waals surface area contributed by atoms with Gasteiger partial charge in [-0.05, 0) is 31.0 Å². The van der Waals surface area contributed by atoms with E-state index in [0.29, 0.717) is 13.0 Å². The average Bonchev–Trinajstić information content (AvgIpc) is 2.64. The highest BCUT2D eigenvalue weighted by Gasteiger charge is 2.36. The minimum absolute atomic E-state index is 0.0599. The van der Waals surface area contributed by atoms with Crippen molar-refractivity contribution in [2.24, 2.45) is 0 Å². The van der Waals surface area contributed by atoms with Gasteiger partial charge in [-0.25, -0.2) is 8.42 Å². The third-order valence-corrected chi connectivity index (χ3v) is 6.39. The SMILES string of the molecule is CC1COC(Cc2ccccc2)CN1S(=O)(=O)c1ccccc1C#N. The van der Waals surface area contributed by atoms with Gasteiger partial charge < -0.3 is 4.74 Å². The first kappa shape index (κ1) is 17.6. The first-order chi connectivity index (χ1) is 12.0. The van der Waals surface area contributed by atoms with E-state index in [1.165, 1.54) is 16.4 Å². The number of hydrogen-bond acceptors (Lipinski definition) is 4. The van der Waals surface area contributed by atoms with Crippen LogP contribution >= 0.6 is 0 Å². The zero-order valence-corrected chi connectivity index (χ0v) is 14.8. The molecule has 2 unspecified atom stereocenters. The van der Waals surface area contributed by atoms with E-state index in [-0.39, 0.29) is 29.1 Å². The summed E-state index contributed by atoms with van der Waals surface area (Å²) in [4.78, 5) is 0.0599. The number of nitrogens with zero attached hydrogens (tertiary/aromatic N) is 2. The summed E-state index contributed by atoms with van der Waals surface area (Å²) in [6.45, 7) is 2.44. The number of sulfonamides is 1. The van der Waals surface area contributed by atoms with Crippen molar-refractivity contribution in [1.29, 1.82) is 5.26 Å². The molecule has 0 spiro atoms. The van der Waals surface area contributed by atoms with E-state index in [1.54, 1.807) is 12.1 Å². The maximum absolute atomic E-state index is 13.1. The molecular formula is C19H20N2O3S. The quantitative estimate of drug-likeness (QED) is 0.844. The summed E-state index contributed by atoms with van der Waals surface area (Å²) in [6, 6.07) is 17.9. The van der Waals surface area contributed by atoms with Gasteiger partial charge in [0.15, 0.2) is 0 Å². The first-order valence-corrected chi connectivity index (χ1v) is 9.63. The van der Waals surface area contributed by atoms with E-state index in [1.807, 2.05) is 43.3 Å². The summed E-state index contributed by atoms with van der Waals surface area (Å²) >= 11 is 0. The summed E-state index contributed by atoms with van der Waals surface area (Å²) in [5.41, 5.74) is 1.28. The van der Waals surface area contributed by atoms with Gasteiger partial charge in [-0.1, -0.05) is 42.5 Å². The van der Waals surface area contributed by atoms with Crippen molar-refractivity contribution in [2.45, 2.75) is 30.4 Å². The van der Waals surface area contributed by atoms with Gasteiger partial charge in [0.2, 0.25) is 10.0 Å². The molecule has 6 heteroatoms. The Balaban J connectivity index is 1.85. The van der Waals surface area contributed by atoms with Gasteiger partial charge in [-0.2, -0.15) is 9.57 Å². The number of rotatable bonds is 4. The molecule has 1 saturated heterocycles. The van der Waals surface area contributed by atoms with E-state index < -0.39 is 10.0 Å². The van der Waals surface area contributed by atoms with E-state index in [0.717, 1.165) is 5.56 Å². The second-order valence-corrected chi connectivity index (χ2v) is 8.04. The van der Waals surface area contributed by atoms with Gasteiger partial charge >= 0.3 is 0 Å². The second kappa shape index (κ2) is 7.36. The molecule has 0 bridgehead atoms. The summed E-state index contributed by atoms with van der Waals surface area (Å²) in [5, 5.41) is 9.24. The van der Waals surface area contributed by atoms with Gasteiger partial charge in [0.1, 0.15) is 6.07 Å². The normalized spacial score (nSPS) is 21.6. The predicted octanol–water partition coefficient (Wildman–Crippen LogP) is 2.58. The molecule has 3 rings (SSSR count). The Hall–Kier alpha value is -2.20. The Morgan fingerprint density at radius 2 is 1.84 bits per heavy atom. The molecule has 25 heavy (non-hydrogen) atoms. The van der Waals surface area contributed by atoms with Crippen LogP contribution in [0.1, 0.15) is 18.1 Å². The molecule has 2 aromatic carbocycles. The highest BCUT2D eigenvalue weighted by molar-refractivity contribution is 7.89. The van der Waals surface area contributed by atoms with Crippen LogP contribution in [0.4, 0.5) is 0 Å². The monoisotopic (exact) mass is 356 g/mol. The van der Waals surface area contributed by atoms with Crippen LogP contribution in [0.2, 0.25) is 0 Å². The molecule has 1 aliphatic rings. The van der Waals surface area contributed by atoms with Crippen molar-refractivity contribution in [1.82, 2.24) is 4.31 Å². The topological polar surface area (TPSA) is 70.4 Å². The lowest BCUT2D eigenvalue weighted by Crippen LogP contribution is -2.51. The molecule has 2 atom stereocenters. The molecule has 2 aromatic rings. The first-order valence-electron chi connectivity index (χ1n) is 8.19. The number of benzene rings is 2. The molecule has 5 nitrogen and oxygen atoms in total. The number of nitriles is 1. The molecule has 0 radical (unpaired) electrons. The van der Waals surface area contributed by atoms with Crippen molar-refractivity contribution in [3.63, 3.8) is 0 Å². The minimum atomic E-state index is -3.75. The fourth-order valence-electron chi connectivity index (χ4n) is 3.04. The third kappa shape index (κ3) is 3.74. The largest absolute Gasteiger partial charge is 0.375 e. The van der Waals surface area contributed by atoms with Crippen LogP contribution in [0.15, 0.2) is 59.5 Å². The van der Waals surface area contributed by atoms with Crippen molar-refractivity contribution in [2.75, 3.05) is 13.2 Å². The number of hydrogen-bond donors (Lipinski definition) is 0. The highest BCUT2D eigenvalue weighted by atomic mass is 32.2. The summed E-state index contributed by atoms with van der Waals surface area (Å²) in [7, 11) is -3.75. The van der Waals surface area contributed by atoms with Crippen LogP contribution in [0.3, 0.4) is 0 Å². The van der Waals surface area contributed by atoms with Crippen LogP contribution in [-0.4, -0.2) is 38.0 Å². The Labute approximate surface area is 148 Å². The second-order valence-electron chi connectivity index (χ2n) is 6.18. The van der Waals surface area contributed by atoms with Gasteiger partial charge in [-0.3, -0.25) is 0 Å². The van der Waals surface area contributed by atoms with Crippen LogP contribution in [0, 0.1) is 11.3 Å². The highest BCUT2D eigenvalue weighted by Crippen LogP contribution is 2.25. The lowest BCUT2D eigenvalue weighted by atomic mass is 10.1. The fourth-order valence-corrected chi connectivity index (χ4v) is 4.83. The molecule has 0 N–H and O–H groups in total. The lowest BCUT2D eigenvalue weighted by Gasteiger charge is -2.37. The van der Waals surface area contributed by atoms with Crippen molar-refractivity contribution in [3.05, 3.63) is 65.7 Å². The van der Waals surface area contributed by atoms with Crippen LogP contribution < -0.4 is 0 Å². The summed E-state index contributed by atoms with van der Waals surface area (Å²) in [6.07, 6.45) is 0.446. The van der Waals surface area contributed by atoms with Gasteiger partial charge in [-0.15, -0.1) is 0 Å². The Morgan fingerprint density at radius 3 is 2.56 bits per heavy atom. The summed E-state index contributed by atoms with van der Waals surface area (Å²) < 4.78 is 33.5. The molecular weight excluding hydrogens is 336 g/mol. The molecule has 0 saturated carbocycles. The maximum Gasteiger partial charge on any atom is 0.244 e. The Kier molecular flexibility index (Phi) is 5.19. The average molecular weight is 356 g/mol. The van der Waals surface area contributed by atoms with Crippen molar-refractivity contribution >= 4 is 10.0 Å². The Morgan fingerprint density at radius 1 is 1.16 bits per heavy atom. The number of morpholine rings is 1. The summed E-state index contributed by atoms with van der Waals surface area (Å²) in [5.74, 6) is 0. The molecule has 0 aliphatic carbocycles. The molecule has 0 amide bonds. The molecule has 0 aromatic heterocycles. The smallest absolute Gasteiger partial charge is 0.244 e. The van der Waals surface area contributed by atoms with E-state index in [4.69, 9.17) is 4.74 Å². The van der Waals surface area contributed by atoms with E-state index >= 15 is 0 Å². The van der Waals surface area contributed by atoms with Crippen LogP contribution in [0.5, 0.6) is 0 Å². The molecule has 1 aliphatic heterocycles. The maximum atomic E-state index is 13.1. The lowest BCUT2D eigenvalue weighted by molar-refractivity contribution is -0.0265. The zero-order chi connectivity index (χ0) is 17.9. The predicted molar refractivity (Wildman–Crippen MR) is 94.4 cm³/mol. The standard InChI is InChI=1S/C19H20N2O3S/c1-15-14-24-18(11-16-7-3-2-4-8-16)13-21(15)25(22,23)19-10-6-5-9-17(19)12-20/h2-10,15,18H,11,13-14H2,1H3. The molecule has 1 heterocycles. The third-order valence-electron chi connectivity index (χ3n) is 4.35. The van der Waals surface area contributed by atoms with Crippen molar-refractivity contribution in [3.8, 4) is 6.07 Å². The minimum Gasteiger partial charge on any atom is -0.375 e. The fraction of sp³-hybridized carbons (Fsp3) is 0.316. The van der Waals surface area contributed by atoms with Gasteiger partial charge in [0.25, 0.3) is 0 Å². The van der Waals surface area contributed by atoms with E-state index in [2.05, 4.69) is 0 Å². The zero-order valence-electron chi connectivity index (χ0n) is 14.0. The molecule has 130 valence electrons.